The molecule has 1 fully saturated rings. The van der Waals surface area contributed by atoms with E-state index in [1.807, 2.05) is 0 Å². The minimum Gasteiger partial charge on any atom is -0.314 e. The summed E-state index contributed by atoms with van der Waals surface area (Å²) < 4.78 is 0. The Hall–Kier alpha value is -0.820. The smallest absolute Gasteiger partial charge is 0.00671 e. The van der Waals surface area contributed by atoms with E-state index in [-0.39, 0.29) is 0 Å². The van der Waals surface area contributed by atoms with Crippen molar-refractivity contribution in [1.29, 1.82) is 0 Å². The van der Waals surface area contributed by atoms with Crippen molar-refractivity contribution in [3.63, 3.8) is 0 Å². The van der Waals surface area contributed by atoms with Crippen LogP contribution < -0.4 is 5.32 Å². The van der Waals surface area contributed by atoms with Gasteiger partial charge in [0, 0.05) is 6.04 Å². The van der Waals surface area contributed by atoms with Gasteiger partial charge in [-0.15, -0.1) is 0 Å². The molecule has 0 spiro atoms. The van der Waals surface area contributed by atoms with Crippen LogP contribution in [-0.4, -0.2) is 12.6 Å². The first kappa shape index (κ1) is 10.7. The maximum Gasteiger partial charge on any atom is 0.00671 e. The monoisotopic (exact) mass is 203 g/mol. The second-order valence-corrected chi connectivity index (χ2v) is 4.76. The third-order valence-corrected chi connectivity index (χ3v) is 3.45. The van der Waals surface area contributed by atoms with Crippen LogP contribution in [0.3, 0.4) is 0 Å². The zero-order chi connectivity index (χ0) is 10.7. The van der Waals surface area contributed by atoms with Gasteiger partial charge in [0.25, 0.3) is 0 Å². The van der Waals surface area contributed by atoms with E-state index in [1.165, 1.54) is 24.0 Å². The van der Waals surface area contributed by atoms with E-state index in [2.05, 4.69) is 43.4 Å². The van der Waals surface area contributed by atoms with Crippen LogP contribution in [0.1, 0.15) is 30.9 Å². The average molecular weight is 203 g/mol. The highest BCUT2D eigenvalue weighted by Crippen LogP contribution is 2.32. The highest BCUT2D eigenvalue weighted by atomic mass is 14.9. The molecular formula is C14H21N. The predicted molar refractivity (Wildman–Crippen MR) is 65.1 cm³/mol. The molecule has 15 heavy (non-hydrogen) atoms. The zero-order valence-electron chi connectivity index (χ0n) is 9.79. The van der Waals surface area contributed by atoms with Crippen molar-refractivity contribution < 1.29 is 0 Å². The van der Waals surface area contributed by atoms with Gasteiger partial charge >= 0.3 is 0 Å². The summed E-state index contributed by atoms with van der Waals surface area (Å²) in [5.74, 6) is 0.960. The van der Waals surface area contributed by atoms with Gasteiger partial charge in [-0.05, 0) is 56.7 Å². The number of rotatable bonds is 5. The second kappa shape index (κ2) is 4.80. The summed E-state index contributed by atoms with van der Waals surface area (Å²) in [7, 11) is 0. The van der Waals surface area contributed by atoms with E-state index in [9.17, 15) is 0 Å². The summed E-state index contributed by atoms with van der Waals surface area (Å²) in [4.78, 5) is 0. The maximum absolute atomic E-state index is 3.62. The van der Waals surface area contributed by atoms with Crippen molar-refractivity contribution >= 4 is 0 Å². The molecule has 0 aromatic heterocycles. The molecule has 0 amide bonds. The summed E-state index contributed by atoms with van der Waals surface area (Å²) >= 11 is 0. The molecule has 1 aromatic carbocycles. The van der Waals surface area contributed by atoms with Crippen LogP contribution >= 0.6 is 0 Å². The molecule has 1 N–H and O–H groups in total. The second-order valence-electron chi connectivity index (χ2n) is 4.76. The topological polar surface area (TPSA) is 12.0 Å². The van der Waals surface area contributed by atoms with Gasteiger partial charge in [0.1, 0.15) is 0 Å². The Balaban J connectivity index is 1.75. The van der Waals surface area contributed by atoms with Gasteiger partial charge in [-0.25, -0.2) is 0 Å². The molecule has 0 radical (unpaired) electrons. The molecule has 2 rings (SSSR count). The fourth-order valence-corrected chi connectivity index (χ4v) is 2.09. The van der Waals surface area contributed by atoms with Crippen LogP contribution in [0.4, 0.5) is 0 Å². The van der Waals surface area contributed by atoms with E-state index in [0.29, 0.717) is 6.04 Å². The van der Waals surface area contributed by atoms with Crippen molar-refractivity contribution in [3.05, 3.63) is 35.4 Å². The van der Waals surface area contributed by atoms with E-state index < -0.39 is 0 Å². The SMILES string of the molecule is Cc1ccccc1CCNC(C)C1CC1. The lowest BCUT2D eigenvalue weighted by Gasteiger charge is -2.13. The minimum absolute atomic E-state index is 0.717. The lowest BCUT2D eigenvalue weighted by atomic mass is 10.1. The average Bonchev–Trinajstić information content (AvgIpc) is 3.04. The zero-order valence-corrected chi connectivity index (χ0v) is 9.79. The van der Waals surface area contributed by atoms with Gasteiger partial charge in [0.05, 0.1) is 0 Å². The van der Waals surface area contributed by atoms with E-state index in [0.717, 1.165) is 18.9 Å². The fourth-order valence-electron chi connectivity index (χ4n) is 2.09. The van der Waals surface area contributed by atoms with E-state index in [4.69, 9.17) is 0 Å². The van der Waals surface area contributed by atoms with Crippen molar-refractivity contribution in [3.8, 4) is 0 Å². The number of hydrogen-bond donors (Lipinski definition) is 1. The molecule has 1 heteroatoms. The molecule has 0 bridgehead atoms. The molecule has 0 aliphatic heterocycles. The van der Waals surface area contributed by atoms with Gasteiger partial charge in [0.15, 0.2) is 0 Å². The van der Waals surface area contributed by atoms with E-state index >= 15 is 0 Å². The Morgan fingerprint density at radius 3 is 2.73 bits per heavy atom. The molecule has 1 aromatic rings. The maximum atomic E-state index is 3.62. The molecule has 0 heterocycles. The summed E-state index contributed by atoms with van der Waals surface area (Å²) in [5, 5.41) is 3.62. The van der Waals surface area contributed by atoms with Crippen molar-refractivity contribution in [2.45, 2.75) is 39.2 Å². The number of hydrogen-bond acceptors (Lipinski definition) is 1. The predicted octanol–water partition coefficient (Wildman–Crippen LogP) is 2.93. The Kier molecular flexibility index (Phi) is 3.42. The molecule has 1 aliphatic carbocycles. The van der Waals surface area contributed by atoms with Crippen LogP contribution in [-0.2, 0) is 6.42 Å². The highest BCUT2D eigenvalue weighted by Gasteiger charge is 2.27. The summed E-state index contributed by atoms with van der Waals surface area (Å²) in [5.41, 5.74) is 2.89. The van der Waals surface area contributed by atoms with Gasteiger partial charge < -0.3 is 5.32 Å². The third kappa shape index (κ3) is 3.07. The molecule has 1 nitrogen and oxygen atoms in total. The third-order valence-electron chi connectivity index (χ3n) is 3.45. The van der Waals surface area contributed by atoms with Gasteiger partial charge in [-0.1, -0.05) is 24.3 Å². The first-order valence-electron chi connectivity index (χ1n) is 6.05. The summed E-state index contributed by atoms with van der Waals surface area (Å²) in [6, 6.07) is 9.39. The first-order valence-corrected chi connectivity index (χ1v) is 6.05. The molecule has 1 aliphatic rings. The van der Waals surface area contributed by atoms with Crippen LogP contribution in [0.15, 0.2) is 24.3 Å². The van der Waals surface area contributed by atoms with Gasteiger partial charge in [0.2, 0.25) is 0 Å². The standard InChI is InChI=1S/C14H21N/c1-11-5-3-4-6-13(11)9-10-15-12(2)14-7-8-14/h3-6,12,14-15H,7-10H2,1-2H3. The Bertz CT molecular complexity index is 315. The summed E-state index contributed by atoms with van der Waals surface area (Å²) in [6.45, 7) is 5.62. The highest BCUT2D eigenvalue weighted by molar-refractivity contribution is 5.25. The van der Waals surface area contributed by atoms with Crippen LogP contribution in [0.25, 0.3) is 0 Å². The van der Waals surface area contributed by atoms with Crippen LogP contribution in [0.5, 0.6) is 0 Å². The molecule has 0 saturated heterocycles. The quantitative estimate of drug-likeness (QED) is 0.776. The van der Waals surface area contributed by atoms with Crippen LogP contribution in [0, 0.1) is 12.8 Å². The Labute approximate surface area is 92.9 Å². The number of benzene rings is 1. The molecule has 1 atom stereocenters. The van der Waals surface area contributed by atoms with Crippen molar-refractivity contribution in [2.75, 3.05) is 6.54 Å². The lowest BCUT2D eigenvalue weighted by Crippen LogP contribution is -2.29. The Morgan fingerprint density at radius 1 is 1.33 bits per heavy atom. The van der Waals surface area contributed by atoms with Gasteiger partial charge in [-0.2, -0.15) is 0 Å². The van der Waals surface area contributed by atoms with E-state index in [1.54, 1.807) is 0 Å². The molecule has 1 saturated carbocycles. The van der Waals surface area contributed by atoms with Crippen molar-refractivity contribution in [2.24, 2.45) is 5.92 Å². The first-order chi connectivity index (χ1) is 7.27. The fraction of sp³-hybridized carbons (Fsp3) is 0.571. The largest absolute Gasteiger partial charge is 0.314 e. The molecule has 82 valence electrons. The molecular weight excluding hydrogens is 182 g/mol. The summed E-state index contributed by atoms with van der Waals surface area (Å²) in [6.07, 6.45) is 4.01. The minimum atomic E-state index is 0.717. The lowest BCUT2D eigenvalue weighted by molar-refractivity contribution is 0.500. The van der Waals surface area contributed by atoms with Crippen LogP contribution in [0.2, 0.25) is 0 Å². The van der Waals surface area contributed by atoms with Crippen molar-refractivity contribution in [1.82, 2.24) is 5.32 Å². The normalized spacial score (nSPS) is 17.7. The molecule has 1 unspecified atom stereocenters. The number of nitrogens with one attached hydrogen (secondary N) is 1. The Morgan fingerprint density at radius 2 is 2.07 bits per heavy atom. The number of aryl methyl sites for hydroxylation is 1. The van der Waals surface area contributed by atoms with Gasteiger partial charge in [-0.3, -0.25) is 0 Å².